The first-order valence-corrected chi connectivity index (χ1v) is 7.62. The molecule has 0 amide bonds. The van der Waals surface area contributed by atoms with Gasteiger partial charge < -0.3 is 10.6 Å². The fourth-order valence-corrected chi connectivity index (χ4v) is 2.09. The maximum atomic E-state index is 7.07. The van der Waals surface area contributed by atoms with Crippen molar-refractivity contribution in [1.29, 1.82) is 5.41 Å². The van der Waals surface area contributed by atoms with Crippen LogP contribution >= 0.6 is 23.2 Å². The standard InChI is InChI=1S/C10H13ClN2.C7H7ClN2/c1-8-6-9(11)4-5-10(8)12-7-13(2)3;8-6-4-2-1-3-5(6)7(9)10/h4-7H,1-3H3;1-4H,(H3,9,10). The highest BCUT2D eigenvalue weighted by atomic mass is 35.5. The molecule has 0 aliphatic rings. The van der Waals surface area contributed by atoms with Crippen molar-refractivity contribution in [2.24, 2.45) is 10.7 Å². The van der Waals surface area contributed by atoms with Crippen LogP contribution < -0.4 is 5.73 Å². The second-order valence-electron chi connectivity index (χ2n) is 5.03. The number of nitrogens with two attached hydrogens (primary N) is 1. The van der Waals surface area contributed by atoms with Crippen molar-refractivity contribution < 1.29 is 0 Å². The Morgan fingerprint density at radius 3 is 2.30 bits per heavy atom. The van der Waals surface area contributed by atoms with Crippen molar-refractivity contribution in [3.63, 3.8) is 0 Å². The molecule has 3 N–H and O–H groups in total. The van der Waals surface area contributed by atoms with E-state index in [1.54, 1.807) is 30.6 Å². The smallest absolute Gasteiger partial charge is 0.124 e. The lowest BCUT2D eigenvalue weighted by molar-refractivity contribution is 0.643. The third kappa shape index (κ3) is 6.72. The van der Waals surface area contributed by atoms with E-state index >= 15 is 0 Å². The van der Waals surface area contributed by atoms with Crippen LogP contribution in [0.2, 0.25) is 10.0 Å². The number of halogens is 2. The predicted octanol–water partition coefficient (Wildman–Crippen LogP) is 4.49. The molecule has 6 heteroatoms. The van der Waals surface area contributed by atoms with Crippen LogP contribution in [0.5, 0.6) is 0 Å². The molecule has 23 heavy (non-hydrogen) atoms. The van der Waals surface area contributed by atoms with E-state index in [9.17, 15) is 0 Å². The lowest BCUT2D eigenvalue weighted by Gasteiger charge is -2.04. The summed E-state index contributed by atoms with van der Waals surface area (Å²) in [5, 5.41) is 8.34. The summed E-state index contributed by atoms with van der Waals surface area (Å²) in [6, 6.07) is 12.7. The molecule has 0 radical (unpaired) electrons. The molecule has 0 aromatic heterocycles. The van der Waals surface area contributed by atoms with Gasteiger partial charge in [0.25, 0.3) is 0 Å². The maximum Gasteiger partial charge on any atom is 0.124 e. The summed E-state index contributed by atoms with van der Waals surface area (Å²) >= 11 is 11.5. The Balaban J connectivity index is 0.000000238. The normalized spacial score (nSPS) is 10.1. The number of hydrogen-bond donors (Lipinski definition) is 2. The third-order valence-corrected chi connectivity index (χ3v) is 3.32. The molecule has 0 saturated carbocycles. The summed E-state index contributed by atoms with van der Waals surface area (Å²) in [6.07, 6.45) is 1.77. The van der Waals surface area contributed by atoms with E-state index in [0.717, 1.165) is 16.3 Å². The highest BCUT2D eigenvalue weighted by molar-refractivity contribution is 6.33. The summed E-state index contributed by atoms with van der Waals surface area (Å²) < 4.78 is 0. The topological polar surface area (TPSA) is 65.5 Å². The highest BCUT2D eigenvalue weighted by Crippen LogP contribution is 2.21. The SMILES string of the molecule is Cc1cc(Cl)ccc1N=CN(C)C.N=C(N)c1ccccc1Cl. The number of rotatable bonds is 3. The van der Waals surface area contributed by atoms with E-state index < -0.39 is 0 Å². The van der Waals surface area contributed by atoms with Gasteiger partial charge in [-0.2, -0.15) is 0 Å². The van der Waals surface area contributed by atoms with E-state index in [2.05, 4.69) is 4.99 Å². The van der Waals surface area contributed by atoms with E-state index in [0.29, 0.717) is 10.6 Å². The van der Waals surface area contributed by atoms with E-state index in [-0.39, 0.29) is 5.84 Å². The maximum absolute atomic E-state index is 7.07. The van der Waals surface area contributed by atoms with Crippen molar-refractivity contribution >= 4 is 41.1 Å². The quantitative estimate of drug-likeness (QED) is 0.632. The molecule has 2 rings (SSSR count). The molecule has 2 aromatic carbocycles. The minimum Gasteiger partial charge on any atom is -0.384 e. The highest BCUT2D eigenvalue weighted by Gasteiger charge is 1.99. The third-order valence-electron chi connectivity index (χ3n) is 2.75. The minimum absolute atomic E-state index is 0.00519. The molecule has 0 heterocycles. The van der Waals surface area contributed by atoms with Crippen LogP contribution in [-0.2, 0) is 0 Å². The number of benzene rings is 2. The van der Waals surface area contributed by atoms with Gasteiger partial charge in [-0.1, -0.05) is 35.3 Å². The predicted molar refractivity (Wildman–Crippen MR) is 100 cm³/mol. The molecule has 0 fully saturated rings. The molecule has 0 unspecified atom stereocenters. The number of aliphatic imine (C=N–C) groups is 1. The van der Waals surface area contributed by atoms with Crippen molar-refractivity contribution in [3.05, 3.63) is 63.6 Å². The van der Waals surface area contributed by atoms with Gasteiger partial charge in [0.05, 0.1) is 17.0 Å². The summed E-state index contributed by atoms with van der Waals surface area (Å²) in [5.41, 5.74) is 7.85. The Bertz CT molecular complexity index is 697. The monoisotopic (exact) mass is 350 g/mol. The van der Waals surface area contributed by atoms with Gasteiger partial charge in [0.2, 0.25) is 0 Å². The number of hydrogen-bond acceptors (Lipinski definition) is 2. The number of amidine groups is 1. The van der Waals surface area contributed by atoms with Crippen molar-refractivity contribution in [3.8, 4) is 0 Å². The molecule has 0 bridgehead atoms. The minimum atomic E-state index is 0.00519. The first kappa shape index (κ1) is 19.0. The Hall–Kier alpha value is -2.04. The van der Waals surface area contributed by atoms with Crippen LogP contribution in [0.25, 0.3) is 0 Å². The summed E-state index contributed by atoms with van der Waals surface area (Å²) in [7, 11) is 3.88. The van der Waals surface area contributed by atoms with Gasteiger partial charge >= 0.3 is 0 Å². The van der Waals surface area contributed by atoms with Crippen LogP contribution in [0, 0.1) is 12.3 Å². The van der Waals surface area contributed by atoms with Crippen molar-refractivity contribution in [2.45, 2.75) is 6.92 Å². The molecule has 0 saturated heterocycles. The van der Waals surface area contributed by atoms with Crippen molar-refractivity contribution in [2.75, 3.05) is 14.1 Å². The second-order valence-corrected chi connectivity index (χ2v) is 5.88. The molecule has 0 spiro atoms. The largest absolute Gasteiger partial charge is 0.384 e. The first-order chi connectivity index (χ1) is 10.8. The Morgan fingerprint density at radius 1 is 1.17 bits per heavy atom. The zero-order valence-electron chi connectivity index (χ0n) is 13.3. The summed E-state index contributed by atoms with van der Waals surface area (Å²) in [4.78, 5) is 6.19. The van der Waals surface area contributed by atoms with Crippen LogP contribution in [0.4, 0.5) is 5.69 Å². The molecular weight excluding hydrogens is 331 g/mol. The number of nitrogen functional groups attached to an aromatic ring is 1. The first-order valence-electron chi connectivity index (χ1n) is 6.87. The molecule has 2 aromatic rings. The summed E-state index contributed by atoms with van der Waals surface area (Å²) in [5.74, 6) is 0.00519. The molecule has 122 valence electrons. The van der Waals surface area contributed by atoms with Crippen LogP contribution in [0.1, 0.15) is 11.1 Å². The van der Waals surface area contributed by atoms with Gasteiger partial charge in [-0.15, -0.1) is 0 Å². The molecule has 0 atom stereocenters. The molecule has 0 aliphatic heterocycles. The van der Waals surface area contributed by atoms with Gasteiger partial charge in [-0.25, -0.2) is 4.99 Å². The van der Waals surface area contributed by atoms with Crippen LogP contribution in [0.3, 0.4) is 0 Å². The lowest BCUT2D eigenvalue weighted by Crippen LogP contribution is -2.11. The Kier molecular flexibility index (Phi) is 7.59. The molecule has 4 nitrogen and oxygen atoms in total. The second kappa shape index (κ2) is 9.18. The van der Waals surface area contributed by atoms with E-state index in [4.69, 9.17) is 34.3 Å². The fraction of sp³-hybridized carbons (Fsp3) is 0.176. The summed E-state index contributed by atoms with van der Waals surface area (Å²) in [6.45, 7) is 1.99. The molecular formula is C17H20Cl2N4. The van der Waals surface area contributed by atoms with Crippen molar-refractivity contribution in [1.82, 2.24) is 4.90 Å². The Labute approximate surface area is 147 Å². The molecule has 0 aliphatic carbocycles. The van der Waals surface area contributed by atoms with Gasteiger partial charge in [0.1, 0.15) is 5.84 Å². The average molecular weight is 351 g/mol. The zero-order chi connectivity index (χ0) is 17.4. The van der Waals surface area contributed by atoms with Gasteiger partial charge in [0.15, 0.2) is 0 Å². The Morgan fingerprint density at radius 2 is 1.83 bits per heavy atom. The number of aryl methyl sites for hydroxylation is 1. The fourth-order valence-electron chi connectivity index (χ4n) is 1.62. The number of nitrogens with zero attached hydrogens (tertiary/aromatic N) is 2. The van der Waals surface area contributed by atoms with Crippen LogP contribution in [0.15, 0.2) is 47.5 Å². The average Bonchev–Trinajstić information content (AvgIpc) is 2.47. The van der Waals surface area contributed by atoms with Gasteiger partial charge in [-0.3, -0.25) is 5.41 Å². The van der Waals surface area contributed by atoms with E-state index in [1.807, 2.05) is 44.1 Å². The van der Waals surface area contributed by atoms with E-state index in [1.165, 1.54) is 0 Å². The number of nitrogens with one attached hydrogen (secondary N) is 1. The van der Waals surface area contributed by atoms with Gasteiger partial charge in [-0.05, 0) is 42.8 Å². The van der Waals surface area contributed by atoms with Crippen LogP contribution in [-0.4, -0.2) is 31.2 Å². The zero-order valence-corrected chi connectivity index (χ0v) is 14.9. The van der Waals surface area contributed by atoms with Gasteiger partial charge in [0, 0.05) is 24.7 Å². The lowest BCUT2D eigenvalue weighted by atomic mass is 10.2.